The van der Waals surface area contributed by atoms with Crippen LogP contribution in [0.5, 0.6) is 0 Å². The molecule has 1 aromatic heterocycles. The van der Waals surface area contributed by atoms with Crippen molar-refractivity contribution in [2.24, 2.45) is 0 Å². The Morgan fingerprint density at radius 1 is 1.25 bits per heavy atom. The molecule has 24 heavy (non-hydrogen) atoms. The fourth-order valence-corrected chi connectivity index (χ4v) is 4.35. The largest absolute Gasteiger partial charge is 0.383 e. The van der Waals surface area contributed by atoms with Crippen LogP contribution in [0.2, 0.25) is 0 Å². The molecule has 0 aliphatic heterocycles. The number of urea groups is 1. The summed E-state index contributed by atoms with van der Waals surface area (Å²) in [5.74, 6) is 0. The molecule has 1 aromatic carbocycles. The number of amides is 2. The molecule has 4 nitrogen and oxygen atoms in total. The van der Waals surface area contributed by atoms with Gasteiger partial charge in [0, 0.05) is 15.6 Å². The van der Waals surface area contributed by atoms with E-state index >= 15 is 0 Å². The van der Waals surface area contributed by atoms with Crippen molar-refractivity contribution in [3.8, 4) is 0 Å². The molecule has 1 fully saturated rings. The van der Waals surface area contributed by atoms with Gasteiger partial charge < -0.3 is 15.7 Å². The highest BCUT2D eigenvalue weighted by Gasteiger charge is 2.26. The van der Waals surface area contributed by atoms with Crippen LogP contribution in [-0.2, 0) is 5.60 Å². The van der Waals surface area contributed by atoms with E-state index in [2.05, 4.69) is 10.6 Å². The number of fused-ring (bicyclic) bond motifs is 1. The van der Waals surface area contributed by atoms with E-state index in [0.717, 1.165) is 27.8 Å². The SMILES string of the molecule is CC(O)(CNC(=O)NC1CCCCCC1)c1cc2ccccc2s1. The molecule has 1 saturated carbocycles. The van der Waals surface area contributed by atoms with Crippen LogP contribution in [0, 0.1) is 0 Å². The minimum Gasteiger partial charge on any atom is -0.383 e. The predicted molar refractivity (Wildman–Crippen MR) is 99.4 cm³/mol. The Morgan fingerprint density at radius 3 is 2.67 bits per heavy atom. The van der Waals surface area contributed by atoms with E-state index < -0.39 is 5.60 Å². The average molecular weight is 346 g/mol. The van der Waals surface area contributed by atoms with Gasteiger partial charge in [-0.25, -0.2) is 4.79 Å². The number of nitrogens with one attached hydrogen (secondary N) is 2. The Bertz CT molecular complexity index is 654. The van der Waals surface area contributed by atoms with E-state index in [9.17, 15) is 9.90 Å². The van der Waals surface area contributed by atoms with Gasteiger partial charge in [0.25, 0.3) is 0 Å². The molecule has 3 N–H and O–H groups in total. The molecule has 0 spiro atoms. The Balaban J connectivity index is 1.56. The number of rotatable bonds is 4. The van der Waals surface area contributed by atoms with E-state index in [1.165, 1.54) is 25.7 Å². The summed E-state index contributed by atoms with van der Waals surface area (Å²) in [6, 6.07) is 10.2. The molecule has 1 atom stereocenters. The zero-order valence-corrected chi connectivity index (χ0v) is 15.0. The molecule has 1 heterocycles. The van der Waals surface area contributed by atoms with Crippen LogP contribution in [0.15, 0.2) is 30.3 Å². The molecule has 5 heteroatoms. The first-order chi connectivity index (χ1) is 11.5. The zero-order chi connectivity index (χ0) is 17.0. The van der Waals surface area contributed by atoms with Crippen LogP contribution in [0.4, 0.5) is 4.79 Å². The van der Waals surface area contributed by atoms with Gasteiger partial charge in [-0.1, -0.05) is 43.9 Å². The van der Waals surface area contributed by atoms with E-state index in [4.69, 9.17) is 0 Å². The molecule has 0 radical (unpaired) electrons. The van der Waals surface area contributed by atoms with Gasteiger partial charge in [-0.05, 0) is 37.3 Å². The summed E-state index contributed by atoms with van der Waals surface area (Å²) in [7, 11) is 0. The molecule has 1 aliphatic rings. The number of carbonyl (C=O) groups excluding carboxylic acids is 1. The maximum Gasteiger partial charge on any atom is 0.315 e. The standard InChI is InChI=1S/C19H26N2O2S/c1-19(23,17-12-14-8-6-7-11-16(14)24-17)13-20-18(22)21-15-9-4-2-3-5-10-15/h6-8,11-12,15,23H,2-5,9-10,13H2,1H3,(H2,20,21,22). The van der Waals surface area contributed by atoms with Crippen LogP contribution in [0.1, 0.15) is 50.3 Å². The molecule has 2 amide bonds. The molecule has 2 aromatic rings. The van der Waals surface area contributed by atoms with Gasteiger partial charge in [0.05, 0.1) is 6.54 Å². The second-order valence-corrected chi connectivity index (χ2v) is 8.02. The van der Waals surface area contributed by atoms with Crippen molar-refractivity contribution in [3.63, 3.8) is 0 Å². The van der Waals surface area contributed by atoms with Crippen LogP contribution in [0.3, 0.4) is 0 Å². The first-order valence-electron chi connectivity index (χ1n) is 8.80. The third-order valence-corrected chi connectivity index (χ3v) is 6.11. The highest BCUT2D eigenvalue weighted by molar-refractivity contribution is 7.19. The van der Waals surface area contributed by atoms with Crippen LogP contribution in [-0.4, -0.2) is 23.7 Å². The lowest BCUT2D eigenvalue weighted by Crippen LogP contribution is -2.46. The molecule has 1 unspecified atom stereocenters. The first-order valence-corrected chi connectivity index (χ1v) is 9.62. The Hall–Kier alpha value is -1.59. The number of carbonyl (C=O) groups is 1. The molecule has 0 saturated heterocycles. The topological polar surface area (TPSA) is 61.4 Å². The predicted octanol–water partition coefficient (Wildman–Crippen LogP) is 4.13. The third kappa shape index (κ3) is 4.28. The van der Waals surface area contributed by atoms with Crippen molar-refractivity contribution >= 4 is 27.5 Å². The van der Waals surface area contributed by atoms with Crippen molar-refractivity contribution in [1.29, 1.82) is 0 Å². The molecule has 3 rings (SSSR count). The number of benzene rings is 1. The minimum atomic E-state index is -1.06. The van der Waals surface area contributed by atoms with E-state index in [-0.39, 0.29) is 18.6 Å². The fourth-order valence-electron chi connectivity index (χ4n) is 3.25. The van der Waals surface area contributed by atoms with Gasteiger partial charge in [0.15, 0.2) is 0 Å². The molecular formula is C19H26N2O2S. The summed E-state index contributed by atoms with van der Waals surface area (Å²) in [5, 5.41) is 17.8. The summed E-state index contributed by atoms with van der Waals surface area (Å²) in [4.78, 5) is 13.0. The Labute approximate surface area is 147 Å². The fraction of sp³-hybridized carbons (Fsp3) is 0.526. The maximum atomic E-state index is 12.1. The number of thiophene rings is 1. The highest BCUT2D eigenvalue weighted by atomic mass is 32.1. The van der Waals surface area contributed by atoms with E-state index in [1.54, 1.807) is 18.3 Å². The van der Waals surface area contributed by atoms with Gasteiger partial charge >= 0.3 is 6.03 Å². The highest BCUT2D eigenvalue weighted by Crippen LogP contribution is 2.32. The number of hydrogen-bond donors (Lipinski definition) is 3. The molecular weight excluding hydrogens is 320 g/mol. The van der Waals surface area contributed by atoms with Crippen LogP contribution in [0.25, 0.3) is 10.1 Å². The smallest absolute Gasteiger partial charge is 0.315 e. The number of hydrogen-bond acceptors (Lipinski definition) is 3. The maximum absolute atomic E-state index is 12.1. The molecule has 0 bridgehead atoms. The lowest BCUT2D eigenvalue weighted by atomic mass is 10.0. The first kappa shape index (κ1) is 17.2. The average Bonchev–Trinajstić information content (AvgIpc) is 2.85. The number of aliphatic hydroxyl groups is 1. The van der Waals surface area contributed by atoms with Crippen molar-refractivity contribution in [2.45, 2.75) is 57.1 Å². The van der Waals surface area contributed by atoms with Crippen LogP contribution < -0.4 is 10.6 Å². The van der Waals surface area contributed by atoms with Gasteiger partial charge in [-0.3, -0.25) is 0 Å². The Morgan fingerprint density at radius 2 is 1.96 bits per heavy atom. The normalized spacial score (nSPS) is 18.8. The molecule has 1 aliphatic carbocycles. The summed E-state index contributed by atoms with van der Waals surface area (Å²) < 4.78 is 1.15. The van der Waals surface area contributed by atoms with Gasteiger partial charge in [-0.2, -0.15) is 0 Å². The van der Waals surface area contributed by atoms with Gasteiger partial charge in [0.2, 0.25) is 0 Å². The van der Waals surface area contributed by atoms with Crippen molar-refractivity contribution in [2.75, 3.05) is 6.54 Å². The van der Waals surface area contributed by atoms with Crippen molar-refractivity contribution in [3.05, 3.63) is 35.2 Å². The lowest BCUT2D eigenvalue weighted by Gasteiger charge is -2.23. The summed E-state index contributed by atoms with van der Waals surface area (Å²) in [5.41, 5.74) is -1.06. The summed E-state index contributed by atoms with van der Waals surface area (Å²) >= 11 is 1.57. The Kier molecular flexibility index (Phi) is 5.41. The minimum absolute atomic E-state index is 0.178. The monoisotopic (exact) mass is 346 g/mol. The summed E-state index contributed by atoms with van der Waals surface area (Å²) in [6.07, 6.45) is 7.01. The third-order valence-electron chi connectivity index (χ3n) is 4.74. The second-order valence-electron chi connectivity index (χ2n) is 6.94. The molecule has 130 valence electrons. The second kappa shape index (κ2) is 7.53. The van der Waals surface area contributed by atoms with E-state index in [0.29, 0.717) is 0 Å². The van der Waals surface area contributed by atoms with Gasteiger partial charge in [-0.15, -0.1) is 11.3 Å². The van der Waals surface area contributed by atoms with Gasteiger partial charge in [0.1, 0.15) is 5.60 Å². The zero-order valence-electron chi connectivity index (χ0n) is 14.2. The summed E-state index contributed by atoms with van der Waals surface area (Å²) in [6.45, 7) is 1.96. The van der Waals surface area contributed by atoms with Crippen molar-refractivity contribution in [1.82, 2.24) is 10.6 Å². The quantitative estimate of drug-likeness (QED) is 0.729. The van der Waals surface area contributed by atoms with E-state index in [1.807, 2.05) is 30.3 Å². The lowest BCUT2D eigenvalue weighted by molar-refractivity contribution is 0.0630. The van der Waals surface area contributed by atoms with Crippen LogP contribution >= 0.6 is 11.3 Å². The van der Waals surface area contributed by atoms with Crippen molar-refractivity contribution < 1.29 is 9.90 Å².